The Bertz CT molecular complexity index is 993. The minimum atomic E-state index is -0.418. The van der Waals surface area contributed by atoms with Gasteiger partial charge in [-0.1, -0.05) is 11.3 Å². The molecule has 124 valence electrons. The molecule has 0 spiro atoms. The first-order valence-corrected chi connectivity index (χ1v) is 8.41. The molecule has 2 aromatic carbocycles. The van der Waals surface area contributed by atoms with E-state index < -0.39 is 4.92 Å². The molecule has 0 saturated carbocycles. The molecule has 1 heterocycles. The van der Waals surface area contributed by atoms with E-state index in [0.717, 1.165) is 29.0 Å². The minimum absolute atomic E-state index is 0.0670. The Balaban J connectivity index is 1.57. The number of fused-ring (bicyclic) bond motifs is 3. The van der Waals surface area contributed by atoms with E-state index in [0.29, 0.717) is 5.13 Å². The van der Waals surface area contributed by atoms with Gasteiger partial charge in [0.05, 0.1) is 17.7 Å². The lowest BCUT2D eigenvalue weighted by Gasteiger charge is -2.03. The monoisotopic (exact) mass is 351 g/mol. The van der Waals surface area contributed by atoms with Crippen molar-refractivity contribution in [3.63, 3.8) is 0 Å². The Morgan fingerprint density at radius 2 is 2.08 bits per heavy atom. The summed E-state index contributed by atoms with van der Waals surface area (Å²) in [6.45, 7) is 0. The number of aliphatic imine (C=N–C) groups is 1. The summed E-state index contributed by atoms with van der Waals surface area (Å²) in [5, 5.41) is 11.4. The van der Waals surface area contributed by atoms with Crippen molar-refractivity contribution in [1.82, 2.24) is 4.98 Å². The molecule has 7 heteroatoms. The SMILES string of the molecule is COc1ccc2c(c1)Cc1sc(N=Cc3ccc([N+](=O)[O-])cc3)nc1-2. The molecular weight excluding hydrogens is 338 g/mol. The number of ether oxygens (including phenoxy) is 1. The number of thiazole rings is 1. The second kappa shape index (κ2) is 6.10. The van der Waals surface area contributed by atoms with Gasteiger partial charge in [0.15, 0.2) is 0 Å². The summed E-state index contributed by atoms with van der Waals surface area (Å²) in [6, 6.07) is 12.3. The molecule has 1 aromatic heterocycles. The number of hydrogen-bond acceptors (Lipinski definition) is 6. The molecule has 3 aromatic rings. The molecule has 0 fully saturated rings. The van der Waals surface area contributed by atoms with Gasteiger partial charge in [-0.05, 0) is 41.5 Å². The molecule has 0 radical (unpaired) electrons. The van der Waals surface area contributed by atoms with E-state index >= 15 is 0 Å². The van der Waals surface area contributed by atoms with Crippen molar-refractivity contribution >= 4 is 28.4 Å². The molecule has 25 heavy (non-hydrogen) atoms. The number of rotatable bonds is 4. The van der Waals surface area contributed by atoms with Crippen LogP contribution in [-0.2, 0) is 6.42 Å². The number of nitro groups is 1. The molecular formula is C18H13N3O3S. The number of nitrogens with zero attached hydrogens (tertiary/aromatic N) is 3. The number of benzene rings is 2. The Labute approximate surface area is 147 Å². The third-order valence-electron chi connectivity index (χ3n) is 4.03. The van der Waals surface area contributed by atoms with Gasteiger partial charge in [-0.25, -0.2) is 9.98 Å². The van der Waals surface area contributed by atoms with Crippen molar-refractivity contribution in [2.75, 3.05) is 7.11 Å². The highest BCUT2D eigenvalue weighted by Crippen LogP contribution is 2.42. The van der Waals surface area contributed by atoms with E-state index in [-0.39, 0.29) is 5.69 Å². The first kappa shape index (κ1) is 15.5. The summed E-state index contributed by atoms with van der Waals surface area (Å²) >= 11 is 1.56. The van der Waals surface area contributed by atoms with Gasteiger partial charge in [0.1, 0.15) is 5.75 Å². The molecule has 0 unspecified atom stereocenters. The van der Waals surface area contributed by atoms with Crippen LogP contribution in [0.2, 0.25) is 0 Å². The Morgan fingerprint density at radius 1 is 1.28 bits per heavy atom. The van der Waals surface area contributed by atoms with Crippen molar-refractivity contribution in [2.45, 2.75) is 6.42 Å². The van der Waals surface area contributed by atoms with Crippen LogP contribution in [0.5, 0.6) is 5.75 Å². The van der Waals surface area contributed by atoms with Crippen LogP contribution < -0.4 is 4.74 Å². The van der Waals surface area contributed by atoms with Crippen LogP contribution in [0.4, 0.5) is 10.8 Å². The number of methoxy groups -OCH3 is 1. The van der Waals surface area contributed by atoms with E-state index in [1.54, 1.807) is 36.8 Å². The summed E-state index contributed by atoms with van der Waals surface area (Å²) in [5.74, 6) is 0.852. The summed E-state index contributed by atoms with van der Waals surface area (Å²) in [4.78, 5) is 20.5. The van der Waals surface area contributed by atoms with Crippen LogP contribution in [-0.4, -0.2) is 23.2 Å². The van der Waals surface area contributed by atoms with Crippen LogP contribution in [0.25, 0.3) is 11.3 Å². The largest absolute Gasteiger partial charge is 0.497 e. The molecule has 0 amide bonds. The Morgan fingerprint density at radius 3 is 2.80 bits per heavy atom. The van der Waals surface area contributed by atoms with Crippen molar-refractivity contribution in [1.29, 1.82) is 0 Å². The van der Waals surface area contributed by atoms with Gasteiger partial charge in [0, 0.05) is 35.2 Å². The second-order valence-corrected chi connectivity index (χ2v) is 6.64. The highest BCUT2D eigenvalue weighted by Gasteiger charge is 2.23. The van der Waals surface area contributed by atoms with Crippen LogP contribution >= 0.6 is 11.3 Å². The molecule has 6 nitrogen and oxygen atoms in total. The molecule has 1 aliphatic carbocycles. The maximum Gasteiger partial charge on any atom is 0.269 e. The van der Waals surface area contributed by atoms with Crippen molar-refractivity contribution in [3.8, 4) is 17.0 Å². The molecule has 1 aliphatic rings. The smallest absolute Gasteiger partial charge is 0.269 e. The summed E-state index contributed by atoms with van der Waals surface area (Å²) in [5.41, 5.74) is 4.20. The van der Waals surface area contributed by atoms with Crippen LogP contribution in [0.15, 0.2) is 47.5 Å². The minimum Gasteiger partial charge on any atom is -0.497 e. The Kier molecular flexibility index (Phi) is 3.77. The molecule has 0 atom stereocenters. The molecule has 0 saturated heterocycles. The molecule has 0 N–H and O–H groups in total. The third-order valence-corrected chi connectivity index (χ3v) is 5.00. The van der Waals surface area contributed by atoms with Gasteiger partial charge < -0.3 is 4.74 Å². The van der Waals surface area contributed by atoms with E-state index in [1.165, 1.54) is 22.6 Å². The number of non-ortho nitro benzene ring substituents is 1. The lowest BCUT2D eigenvalue weighted by atomic mass is 10.1. The van der Waals surface area contributed by atoms with Gasteiger partial charge in [-0.2, -0.15) is 0 Å². The van der Waals surface area contributed by atoms with Gasteiger partial charge in [-0.3, -0.25) is 10.1 Å². The first-order valence-electron chi connectivity index (χ1n) is 7.59. The molecule has 4 rings (SSSR count). The third kappa shape index (κ3) is 2.89. The zero-order chi connectivity index (χ0) is 17.4. The van der Waals surface area contributed by atoms with Crippen LogP contribution in [0.1, 0.15) is 16.0 Å². The van der Waals surface area contributed by atoms with E-state index in [9.17, 15) is 10.1 Å². The Hall–Kier alpha value is -3.06. The van der Waals surface area contributed by atoms with Crippen LogP contribution in [0.3, 0.4) is 0 Å². The average molecular weight is 351 g/mol. The number of aromatic nitrogens is 1. The summed E-state index contributed by atoms with van der Waals surface area (Å²) in [6.07, 6.45) is 2.51. The van der Waals surface area contributed by atoms with Crippen molar-refractivity contribution < 1.29 is 9.66 Å². The van der Waals surface area contributed by atoms with E-state index in [2.05, 4.69) is 9.98 Å². The fourth-order valence-corrected chi connectivity index (χ4v) is 3.73. The van der Waals surface area contributed by atoms with Crippen molar-refractivity contribution in [2.24, 2.45) is 4.99 Å². The summed E-state index contributed by atoms with van der Waals surface area (Å²) < 4.78 is 5.27. The fourth-order valence-electron chi connectivity index (χ4n) is 2.78. The molecule has 0 bridgehead atoms. The maximum atomic E-state index is 10.7. The fraction of sp³-hybridized carbons (Fsp3) is 0.111. The normalized spacial score (nSPS) is 12.2. The topological polar surface area (TPSA) is 77.6 Å². The number of nitro benzene ring substituents is 1. The predicted octanol–water partition coefficient (Wildman–Crippen LogP) is 4.38. The molecule has 0 aliphatic heterocycles. The highest BCUT2D eigenvalue weighted by molar-refractivity contribution is 7.15. The van der Waals surface area contributed by atoms with Gasteiger partial charge in [-0.15, -0.1) is 0 Å². The highest BCUT2D eigenvalue weighted by atomic mass is 32.1. The van der Waals surface area contributed by atoms with Gasteiger partial charge in [0.2, 0.25) is 5.13 Å². The zero-order valence-electron chi connectivity index (χ0n) is 13.3. The predicted molar refractivity (Wildman–Crippen MR) is 97.3 cm³/mol. The maximum absolute atomic E-state index is 10.7. The van der Waals surface area contributed by atoms with E-state index in [1.807, 2.05) is 18.2 Å². The standard InChI is InChI=1S/C18H13N3O3S/c1-24-14-6-7-15-12(8-14)9-16-17(15)20-18(25-16)19-10-11-2-4-13(5-3-11)21(22)23/h2-8,10H,9H2,1H3. The second-order valence-electron chi connectivity index (χ2n) is 5.57. The van der Waals surface area contributed by atoms with Gasteiger partial charge >= 0.3 is 0 Å². The van der Waals surface area contributed by atoms with Crippen molar-refractivity contribution in [3.05, 3.63) is 68.6 Å². The van der Waals surface area contributed by atoms with E-state index in [4.69, 9.17) is 4.74 Å². The lowest BCUT2D eigenvalue weighted by molar-refractivity contribution is -0.384. The lowest BCUT2D eigenvalue weighted by Crippen LogP contribution is -1.88. The van der Waals surface area contributed by atoms with Crippen LogP contribution in [0, 0.1) is 10.1 Å². The zero-order valence-corrected chi connectivity index (χ0v) is 14.1. The number of hydrogen-bond donors (Lipinski definition) is 0. The average Bonchev–Trinajstić information content (AvgIpc) is 3.16. The van der Waals surface area contributed by atoms with Gasteiger partial charge in [0.25, 0.3) is 5.69 Å². The quantitative estimate of drug-likeness (QED) is 0.310. The summed E-state index contributed by atoms with van der Waals surface area (Å²) in [7, 11) is 1.66. The first-order chi connectivity index (χ1) is 12.1.